The van der Waals surface area contributed by atoms with Crippen molar-refractivity contribution in [3.8, 4) is 0 Å². The number of benzodiazepines with no additional fused rings is 1. The Balaban J connectivity index is 1.79. The number of rotatable bonds is 3. The zero-order chi connectivity index (χ0) is 17.8. The molecule has 4 rings (SSSR count). The zero-order valence-electron chi connectivity index (χ0n) is 14.0. The molecule has 4 heteroatoms. The summed E-state index contributed by atoms with van der Waals surface area (Å²) in [5, 5.41) is 2.94. The van der Waals surface area contributed by atoms with Crippen molar-refractivity contribution in [3.63, 3.8) is 0 Å². The van der Waals surface area contributed by atoms with E-state index in [4.69, 9.17) is 0 Å². The van der Waals surface area contributed by atoms with E-state index in [1.165, 1.54) is 0 Å². The Morgan fingerprint density at radius 2 is 1.50 bits per heavy atom. The van der Waals surface area contributed by atoms with Crippen LogP contribution in [0.1, 0.15) is 16.7 Å². The highest BCUT2D eigenvalue weighted by Gasteiger charge is 2.24. The van der Waals surface area contributed by atoms with Gasteiger partial charge in [0, 0.05) is 17.3 Å². The van der Waals surface area contributed by atoms with Crippen molar-refractivity contribution in [3.05, 3.63) is 102 Å². The van der Waals surface area contributed by atoms with E-state index in [0.717, 1.165) is 28.1 Å². The Bertz CT molecular complexity index is 979. The third-order valence-corrected chi connectivity index (χ3v) is 4.14. The normalized spacial score (nSPS) is 16.5. The van der Waals surface area contributed by atoms with Crippen LogP contribution in [0.15, 0.2) is 94.9 Å². The lowest BCUT2D eigenvalue weighted by molar-refractivity contribution is -0.117. The predicted molar refractivity (Wildman–Crippen MR) is 105 cm³/mol. The van der Waals surface area contributed by atoms with Gasteiger partial charge in [0.15, 0.2) is 0 Å². The lowest BCUT2D eigenvalue weighted by Gasteiger charge is -2.09. The number of nitrogens with zero attached hydrogens (tertiary/aromatic N) is 2. The molecular weight excluding hydrogens is 322 g/mol. The Hall–Kier alpha value is -3.53. The van der Waals surface area contributed by atoms with Gasteiger partial charge in [-0.3, -0.25) is 9.79 Å². The maximum Gasteiger partial charge on any atom is 0.271 e. The predicted octanol–water partition coefficient (Wildman–Crippen LogP) is 3.92. The lowest BCUT2D eigenvalue weighted by Crippen LogP contribution is -2.23. The molecule has 1 N–H and O–H groups in total. The molecule has 0 aliphatic carbocycles. The molecule has 0 aromatic heterocycles. The molecule has 1 unspecified atom stereocenters. The molecular formula is C22H17N3O. The lowest BCUT2D eigenvalue weighted by atomic mass is 10.0. The summed E-state index contributed by atoms with van der Waals surface area (Å²) in [7, 11) is 0. The minimum Gasteiger partial charge on any atom is -0.322 e. The number of aliphatic imine (C=N–C) groups is 2. The topological polar surface area (TPSA) is 53.8 Å². The number of anilines is 1. The first kappa shape index (κ1) is 16.0. The maximum atomic E-state index is 12.6. The second-order valence-electron chi connectivity index (χ2n) is 5.94. The number of benzene rings is 3. The van der Waals surface area contributed by atoms with E-state index in [0.29, 0.717) is 0 Å². The SMILES string of the molecule is O=C1Nc2ccccc2C(c2ccccc2)=NC1/N=C/c1ccccc1. The smallest absolute Gasteiger partial charge is 0.271 e. The highest BCUT2D eigenvalue weighted by atomic mass is 16.2. The first-order chi connectivity index (χ1) is 12.8. The van der Waals surface area contributed by atoms with Gasteiger partial charge in [0.05, 0.1) is 11.4 Å². The van der Waals surface area contributed by atoms with E-state index in [-0.39, 0.29) is 5.91 Å². The van der Waals surface area contributed by atoms with Crippen LogP contribution in [0.2, 0.25) is 0 Å². The highest BCUT2D eigenvalue weighted by molar-refractivity contribution is 6.19. The fourth-order valence-corrected chi connectivity index (χ4v) is 2.87. The molecule has 3 aromatic rings. The molecule has 1 amide bonds. The zero-order valence-corrected chi connectivity index (χ0v) is 14.0. The van der Waals surface area contributed by atoms with Crippen molar-refractivity contribution in [2.45, 2.75) is 6.17 Å². The molecule has 0 radical (unpaired) electrons. The third-order valence-electron chi connectivity index (χ3n) is 4.14. The Morgan fingerprint density at radius 1 is 0.846 bits per heavy atom. The molecule has 1 atom stereocenters. The molecule has 4 nitrogen and oxygen atoms in total. The number of carbonyl (C=O) groups excluding carboxylic acids is 1. The van der Waals surface area contributed by atoms with Crippen LogP contribution in [0.25, 0.3) is 0 Å². The third kappa shape index (κ3) is 3.30. The second kappa shape index (κ2) is 7.15. The van der Waals surface area contributed by atoms with Gasteiger partial charge < -0.3 is 5.32 Å². The molecule has 0 fully saturated rings. The molecule has 3 aromatic carbocycles. The minimum atomic E-state index is -0.835. The summed E-state index contributed by atoms with van der Waals surface area (Å²) in [5.41, 5.74) is 4.28. The maximum absolute atomic E-state index is 12.6. The number of amides is 1. The number of carbonyl (C=O) groups is 1. The number of para-hydroxylation sites is 1. The summed E-state index contributed by atoms with van der Waals surface area (Å²) in [6, 6.07) is 27.2. The number of nitrogens with one attached hydrogen (secondary N) is 1. The first-order valence-electron chi connectivity index (χ1n) is 8.43. The van der Waals surface area contributed by atoms with Gasteiger partial charge in [-0.25, -0.2) is 4.99 Å². The minimum absolute atomic E-state index is 0.240. The molecule has 1 aliphatic heterocycles. The Labute approximate surface area is 152 Å². The van der Waals surface area contributed by atoms with E-state index in [1.54, 1.807) is 6.21 Å². The summed E-state index contributed by atoms with van der Waals surface area (Å²) in [4.78, 5) is 21.8. The summed E-state index contributed by atoms with van der Waals surface area (Å²) in [6.45, 7) is 0. The summed E-state index contributed by atoms with van der Waals surface area (Å²) < 4.78 is 0. The van der Waals surface area contributed by atoms with Crippen molar-refractivity contribution in [1.82, 2.24) is 0 Å². The van der Waals surface area contributed by atoms with Gasteiger partial charge in [0.2, 0.25) is 6.17 Å². The number of fused-ring (bicyclic) bond motifs is 1. The van der Waals surface area contributed by atoms with Gasteiger partial charge in [0.25, 0.3) is 5.91 Å². The van der Waals surface area contributed by atoms with Crippen LogP contribution in [0, 0.1) is 0 Å². The van der Waals surface area contributed by atoms with E-state index in [1.807, 2.05) is 84.9 Å². The standard InChI is InChI=1S/C22H17N3O/c26-22-21(23-15-16-9-3-1-4-10-16)25-20(17-11-5-2-6-12-17)18-13-7-8-14-19(18)24-22/h1-15,21H,(H,24,26)/b23-15+. The summed E-state index contributed by atoms with van der Waals surface area (Å²) in [6.07, 6.45) is 0.851. The van der Waals surface area contributed by atoms with Crippen molar-refractivity contribution in [2.24, 2.45) is 9.98 Å². The van der Waals surface area contributed by atoms with Crippen LogP contribution >= 0.6 is 0 Å². The molecule has 0 spiro atoms. The van der Waals surface area contributed by atoms with Crippen LogP contribution in [0.4, 0.5) is 5.69 Å². The van der Waals surface area contributed by atoms with E-state index in [9.17, 15) is 4.79 Å². The van der Waals surface area contributed by atoms with Crippen LogP contribution < -0.4 is 5.32 Å². The van der Waals surface area contributed by atoms with Crippen molar-refractivity contribution in [2.75, 3.05) is 5.32 Å². The molecule has 0 saturated heterocycles. The van der Waals surface area contributed by atoms with Gasteiger partial charge in [0.1, 0.15) is 0 Å². The monoisotopic (exact) mass is 339 g/mol. The highest BCUT2D eigenvalue weighted by Crippen LogP contribution is 2.24. The summed E-state index contributed by atoms with van der Waals surface area (Å²) >= 11 is 0. The van der Waals surface area contributed by atoms with Gasteiger partial charge in [-0.05, 0) is 11.6 Å². The van der Waals surface area contributed by atoms with Gasteiger partial charge in [-0.1, -0.05) is 78.9 Å². The van der Waals surface area contributed by atoms with E-state index < -0.39 is 6.17 Å². The Kier molecular flexibility index (Phi) is 4.39. The quantitative estimate of drug-likeness (QED) is 0.723. The average Bonchev–Trinajstić information content (AvgIpc) is 2.84. The van der Waals surface area contributed by atoms with E-state index in [2.05, 4.69) is 15.3 Å². The fraction of sp³-hybridized carbons (Fsp3) is 0.0455. The van der Waals surface area contributed by atoms with Crippen LogP contribution in [0.5, 0.6) is 0 Å². The fourth-order valence-electron chi connectivity index (χ4n) is 2.87. The molecule has 1 aliphatic rings. The van der Waals surface area contributed by atoms with Gasteiger partial charge in [-0.2, -0.15) is 0 Å². The van der Waals surface area contributed by atoms with Crippen LogP contribution in [-0.4, -0.2) is 24.0 Å². The number of hydrogen-bond donors (Lipinski definition) is 1. The Morgan fingerprint density at radius 3 is 2.27 bits per heavy atom. The van der Waals surface area contributed by atoms with Crippen LogP contribution in [0.3, 0.4) is 0 Å². The van der Waals surface area contributed by atoms with Gasteiger partial charge >= 0.3 is 0 Å². The molecule has 26 heavy (non-hydrogen) atoms. The summed E-state index contributed by atoms with van der Waals surface area (Å²) in [5.74, 6) is -0.240. The molecule has 1 heterocycles. The van der Waals surface area contributed by atoms with Crippen molar-refractivity contribution in [1.29, 1.82) is 0 Å². The van der Waals surface area contributed by atoms with Gasteiger partial charge in [-0.15, -0.1) is 0 Å². The average molecular weight is 339 g/mol. The van der Waals surface area contributed by atoms with E-state index >= 15 is 0 Å². The second-order valence-corrected chi connectivity index (χ2v) is 5.94. The van der Waals surface area contributed by atoms with Crippen molar-refractivity contribution < 1.29 is 4.79 Å². The number of hydrogen-bond acceptors (Lipinski definition) is 3. The van der Waals surface area contributed by atoms with Crippen molar-refractivity contribution >= 4 is 23.5 Å². The largest absolute Gasteiger partial charge is 0.322 e. The molecule has 0 bridgehead atoms. The molecule has 0 saturated carbocycles. The molecule has 126 valence electrons. The first-order valence-corrected chi connectivity index (χ1v) is 8.43. The van der Waals surface area contributed by atoms with Crippen LogP contribution in [-0.2, 0) is 4.79 Å².